The molecule has 7 nitrogen and oxygen atoms in total. The number of carbonyl (C=O) groups excluding carboxylic acids is 1. The van der Waals surface area contributed by atoms with Crippen molar-refractivity contribution in [3.05, 3.63) is 59.0 Å². The highest BCUT2D eigenvalue weighted by atomic mass is 16.5. The van der Waals surface area contributed by atoms with E-state index in [1.165, 1.54) is 5.57 Å². The maximum atomic E-state index is 13.4. The lowest BCUT2D eigenvalue weighted by Crippen LogP contribution is -2.62. The van der Waals surface area contributed by atoms with Gasteiger partial charge in [-0.3, -0.25) is 9.78 Å². The van der Waals surface area contributed by atoms with Gasteiger partial charge < -0.3 is 25.2 Å². The molecule has 7 unspecified atom stereocenters. The van der Waals surface area contributed by atoms with Crippen molar-refractivity contribution in [2.45, 2.75) is 75.4 Å². The highest BCUT2D eigenvalue weighted by Gasteiger charge is 2.68. The van der Waals surface area contributed by atoms with Crippen LogP contribution in [0.2, 0.25) is 0 Å². The van der Waals surface area contributed by atoms with Crippen LogP contribution in [0.15, 0.2) is 59.0 Å². The summed E-state index contributed by atoms with van der Waals surface area (Å²) in [5, 5.41) is 25.1. The Morgan fingerprint density at radius 3 is 2.80 bits per heavy atom. The van der Waals surface area contributed by atoms with Gasteiger partial charge >= 0.3 is 0 Å². The number of fused-ring (bicyclic) bond motifs is 1. The minimum absolute atomic E-state index is 0.0701. The van der Waals surface area contributed by atoms with Crippen LogP contribution in [0.1, 0.15) is 46.0 Å². The van der Waals surface area contributed by atoms with E-state index in [4.69, 9.17) is 4.74 Å². The van der Waals surface area contributed by atoms with Gasteiger partial charge in [0.05, 0.1) is 29.2 Å². The highest BCUT2D eigenvalue weighted by molar-refractivity contribution is 6.05. The molecule has 1 saturated heterocycles. The fraction of sp³-hybridized carbons (Fsp3) is 0.571. The normalized spacial score (nSPS) is 41.7. The third-order valence-electron chi connectivity index (χ3n) is 9.56. The molecule has 2 spiro atoms. The number of rotatable bonds is 3. The standard InChI is InChI=1S/C28H35N3O4/c1-16-13-26(2)18(25(34)30-17-6-5-11-29-15-17)7-8-22(26)28-10-9-27(35-28)14-21(31(3)4)24(33)23(32)20(27)12-19(16)28/h5-7,11-12,15,21-24,32-33H,8-10,13-14H2,1-4H3,(H,30,34). The van der Waals surface area contributed by atoms with Crippen molar-refractivity contribution in [3.63, 3.8) is 0 Å². The summed E-state index contributed by atoms with van der Waals surface area (Å²) in [7, 11) is 3.89. The Kier molecular flexibility index (Phi) is 5.01. The molecule has 5 aliphatic rings. The van der Waals surface area contributed by atoms with Crippen molar-refractivity contribution in [1.82, 2.24) is 9.88 Å². The summed E-state index contributed by atoms with van der Waals surface area (Å²) in [6, 6.07) is 3.49. The van der Waals surface area contributed by atoms with Crippen molar-refractivity contribution in [2.24, 2.45) is 11.3 Å². The van der Waals surface area contributed by atoms with Crippen LogP contribution in [0.3, 0.4) is 0 Å². The Hall–Kier alpha value is -2.32. The Bertz CT molecular complexity index is 1170. The summed E-state index contributed by atoms with van der Waals surface area (Å²) >= 11 is 0. The van der Waals surface area contributed by atoms with Gasteiger partial charge in [-0.15, -0.1) is 0 Å². The van der Waals surface area contributed by atoms with Crippen LogP contribution in [0, 0.1) is 11.3 Å². The number of pyridine rings is 1. The van der Waals surface area contributed by atoms with Gasteiger partial charge in [-0.2, -0.15) is 0 Å². The Morgan fingerprint density at radius 2 is 2.09 bits per heavy atom. The fourth-order valence-corrected chi connectivity index (χ4v) is 7.99. The van der Waals surface area contributed by atoms with Crippen LogP contribution < -0.4 is 5.32 Å². The van der Waals surface area contributed by atoms with Gasteiger partial charge in [0, 0.05) is 29.1 Å². The minimum atomic E-state index is -0.941. The molecular weight excluding hydrogens is 442 g/mol. The van der Waals surface area contributed by atoms with Gasteiger partial charge in [-0.1, -0.05) is 24.6 Å². The SMILES string of the molecule is CC1=C2C=C3C(O)C(O)C(N(C)C)CC34CCC2(O4)C2CC=C(C(=O)Nc3cccnc3)C2(C)C1. The molecule has 2 bridgehead atoms. The zero-order valence-corrected chi connectivity index (χ0v) is 20.9. The van der Waals surface area contributed by atoms with Crippen molar-refractivity contribution >= 4 is 11.6 Å². The molecule has 1 aromatic rings. The Balaban J connectivity index is 1.38. The zero-order valence-electron chi connectivity index (χ0n) is 20.9. The first-order chi connectivity index (χ1) is 16.6. The molecule has 186 valence electrons. The van der Waals surface area contributed by atoms with Crippen LogP contribution in [0.25, 0.3) is 0 Å². The summed E-state index contributed by atoms with van der Waals surface area (Å²) in [6.45, 7) is 4.34. The molecule has 7 heteroatoms. The largest absolute Gasteiger partial charge is 0.388 e. The molecular formula is C28H35N3O4. The molecule has 2 aliphatic heterocycles. The van der Waals surface area contributed by atoms with E-state index in [-0.39, 0.29) is 23.3 Å². The molecule has 7 atom stereocenters. The van der Waals surface area contributed by atoms with E-state index >= 15 is 0 Å². The number of ether oxygens (including phenoxy) is 1. The van der Waals surface area contributed by atoms with E-state index in [1.807, 2.05) is 31.1 Å². The minimum Gasteiger partial charge on any atom is -0.388 e. The quantitative estimate of drug-likeness (QED) is 0.620. The second kappa shape index (κ2) is 7.59. The predicted molar refractivity (Wildman–Crippen MR) is 132 cm³/mol. The third-order valence-corrected chi connectivity index (χ3v) is 9.56. The van der Waals surface area contributed by atoms with E-state index in [2.05, 4.69) is 36.3 Å². The topological polar surface area (TPSA) is 94.9 Å². The number of aliphatic hydroxyl groups excluding tert-OH is 2. The van der Waals surface area contributed by atoms with Crippen LogP contribution in [0.4, 0.5) is 5.69 Å². The smallest absolute Gasteiger partial charge is 0.251 e. The van der Waals surface area contributed by atoms with Crippen LogP contribution in [0.5, 0.6) is 0 Å². The van der Waals surface area contributed by atoms with Crippen molar-refractivity contribution in [2.75, 3.05) is 19.4 Å². The molecule has 35 heavy (non-hydrogen) atoms. The number of nitrogens with one attached hydrogen (secondary N) is 1. The van der Waals surface area contributed by atoms with Crippen LogP contribution in [-0.2, 0) is 9.53 Å². The molecule has 3 N–H and O–H groups in total. The predicted octanol–water partition coefficient (Wildman–Crippen LogP) is 2.98. The van der Waals surface area contributed by atoms with Crippen molar-refractivity contribution < 1.29 is 19.7 Å². The molecule has 6 rings (SSSR count). The monoisotopic (exact) mass is 477 g/mol. The first kappa shape index (κ1) is 23.1. The number of hydrogen-bond acceptors (Lipinski definition) is 6. The van der Waals surface area contributed by atoms with E-state index in [1.54, 1.807) is 12.4 Å². The van der Waals surface area contributed by atoms with Crippen molar-refractivity contribution in [1.29, 1.82) is 0 Å². The maximum absolute atomic E-state index is 13.4. The second-order valence-corrected chi connectivity index (χ2v) is 11.6. The maximum Gasteiger partial charge on any atom is 0.251 e. The molecule has 1 saturated carbocycles. The van der Waals surface area contributed by atoms with E-state index in [0.29, 0.717) is 12.1 Å². The average molecular weight is 478 g/mol. The summed E-state index contributed by atoms with van der Waals surface area (Å²) in [5.74, 6) is 0.0709. The number of amides is 1. The van der Waals surface area contributed by atoms with E-state index < -0.39 is 23.4 Å². The van der Waals surface area contributed by atoms with Crippen molar-refractivity contribution in [3.8, 4) is 0 Å². The van der Waals surface area contributed by atoms with Gasteiger partial charge in [0.2, 0.25) is 0 Å². The number of allylic oxidation sites excluding steroid dienone is 2. The summed E-state index contributed by atoms with van der Waals surface area (Å²) < 4.78 is 7.18. The zero-order chi connectivity index (χ0) is 24.8. The van der Waals surface area contributed by atoms with Gasteiger partial charge in [-0.25, -0.2) is 0 Å². The number of hydrogen-bond donors (Lipinski definition) is 3. The first-order valence-electron chi connectivity index (χ1n) is 12.7. The van der Waals surface area contributed by atoms with Crippen LogP contribution in [-0.4, -0.2) is 69.6 Å². The number of aliphatic hydroxyl groups is 2. The number of carbonyl (C=O) groups is 1. The summed E-state index contributed by atoms with van der Waals surface area (Å²) in [5.41, 5.74) is 3.30. The number of anilines is 1. The van der Waals surface area contributed by atoms with Gasteiger partial charge in [0.15, 0.2) is 0 Å². The molecule has 0 aromatic carbocycles. The molecule has 2 fully saturated rings. The highest BCUT2D eigenvalue weighted by Crippen LogP contribution is 2.67. The van der Waals surface area contributed by atoms with Crippen LogP contribution >= 0.6 is 0 Å². The lowest BCUT2D eigenvalue weighted by Gasteiger charge is -2.56. The lowest BCUT2D eigenvalue weighted by molar-refractivity contribution is -0.164. The summed E-state index contributed by atoms with van der Waals surface area (Å²) in [6.07, 6.45) is 9.70. The Labute approximate surface area is 206 Å². The van der Waals surface area contributed by atoms with Gasteiger partial charge in [-0.05, 0) is 76.4 Å². The third kappa shape index (κ3) is 3.05. The van der Waals surface area contributed by atoms with Gasteiger partial charge in [0.1, 0.15) is 6.10 Å². The number of aromatic nitrogens is 1. The Morgan fingerprint density at radius 1 is 1.29 bits per heavy atom. The molecule has 3 aliphatic carbocycles. The first-order valence-corrected chi connectivity index (χ1v) is 12.7. The number of likely N-dealkylation sites (N-methyl/N-ethyl adjacent to an activating group) is 1. The van der Waals surface area contributed by atoms with E-state index in [0.717, 1.165) is 42.4 Å². The van der Waals surface area contributed by atoms with Gasteiger partial charge in [0.25, 0.3) is 5.91 Å². The molecule has 3 heterocycles. The second-order valence-electron chi connectivity index (χ2n) is 11.6. The number of nitrogens with zero attached hydrogens (tertiary/aromatic N) is 2. The van der Waals surface area contributed by atoms with E-state index in [9.17, 15) is 15.0 Å². The fourth-order valence-electron chi connectivity index (χ4n) is 7.99. The molecule has 0 radical (unpaired) electrons. The summed E-state index contributed by atoms with van der Waals surface area (Å²) in [4.78, 5) is 19.5. The molecule has 1 amide bonds. The molecule has 1 aromatic heterocycles. The lowest BCUT2D eigenvalue weighted by atomic mass is 9.57. The average Bonchev–Trinajstić information content (AvgIpc) is 3.32.